The van der Waals surface area contributed by atoms with Gasteiger partial charge in [0.05, 0.1) is 10.6 Å². The van der Waals surface area contributed by atoms with Gasteiger partial charge in [0.2, 0.25) is 15.1 Å². The zero-order chi connectivity index (χ0) is 18.4. The normalized spacial score (nSPS) is 18.6. The van der Waals surface area contributed by atoms with Crippen molar-refractivity contribution in [3.8, 4) is 0 Å². The van der Waals surface area contributed by atoms with Crippen LogP contribution in [-0.4, -0.2) is 32.5 Å². The molecule has 0 aliphatic carbocycles. The second kappa shape index (κ2) is 6.12. The fraction of sp³-hybridized carbons (Fsp3) is 0.125. The topological polar surface area (TPSA) is 83.6 Å². The highest BCUT2D eigenvalue weighted by Crippen LogP contribution is 2.36. The van der Waals surface area contributed by atoms with Crippen LogP contribution in [0.4, 0.5) is 15.8 Å². The quantitative estimate of drug-likeness (QED) is 0.807. The number of hydrogen-bond acceptors (Lipinski definition) is 4. The first-order valence-corrected chi connectivity index (χ1v) is 9.01. The van der Waals surface area contributed by atoms with Crippen LogP contribution < -0.4 is 10.2 Å². The van der Waals surface area contributed by atoms with Crippen LogP contribution in [-0.2, 0) is 19.4 Å². The Bertz CT molecular complexity index is 976. The molecule has 0 aromatic heterocycles. The fourth-order valence-corrected chi connectivity index (χ4v) is 4.47. The SMILES string of the molecule is CN1C(=O)C(C(=O)Nc2ccc(F)cc2)S(=O)(=O)c2ccc(Cl)cc21. The summed E-state index contributed by atoms with van der Waals surface area (Å²) in [5.74, 6) is -2.41. The Morgan fingerprint density at radius 3 is 2.48 bits per heavy atom. The monoisotopic (exact) mass is 382 g/mol. The smallest absolute Gasteiger partial charge is 0.255 e. The standard InChI is InChI=1S/C16H12ClFN2O4S/c1-20-12-8-9(17)2-7-13(12)25(23,24)14(16(20)22)15(21)19-11-5-3-10(18)4-6-11/h2-8,14H,1H3,(H,19,21). The fourth-order valence-electron chi connectivity index (χ4n) is 2.54. The summed E-state index contributed by atoms with van der Waals surface area (Å²) in [7, 11) is -2.88. The third-order valence-corrected chi connectivity index (χ3v) is 6.03. The predicted octanol–water partition coefficient (Wildman–Crippen LogP) is 2.24. The van der Waals surface area contributed by atoms with E-state index in [4.69, 9.17) is 11.6 Å². The molecule has 2 aromatic rings. The molecule has 0 saturated heterocycles. The Hall–Kier alpha value is -2.45. The summed E-state index contributed by atoms with van der Waals surface area (Å²) >= 11 is 5.86. The van der Waals surface area contributed by atoms with E-state index in [0.717, 1.165) is 17.0 Å². The van der Waals surface area contributed by atoms with Crippen molar-refractivity contribution in [1.82, 2.24) is 0 Å². The van der Waals surface area contributed by atoms with Crippen LogP contribution in [0.25, 0.3) is 0 Å². The van der Waals surface area contributed by atoms with E-state index in [1.54, 1.807) is 0 Å². The van der Waals surface area contributed by atoms with Crippen LogP contribution in [0.1, 0.15) is 0 Å². The summed E-state index contributed by atoms with van der Waals surface area (Å²) in [6.07, 6.45) is 0. The van der Waals surface area contributed by atoms with Crippen molar-refractivity contribution < 1.29 is 22.4 Å². The lowest BCUT2D eigenvalue weighted by molar-refractivity contribution is -0.124. The Labute approximate surface area is 148 Å². The minimum absolute atomic E-state index is 0.114. The highest BCUT2D eigenvalue weighted by Gasteiger charge is 2.47. The van der Waals surface area contributed by atoms with Gasteiger partial charge in [-0.3, -0.25) is 9.59 Å². The predicted molar refractivity (Wildman–Crippen MR) is 90.9 cm³/mol. The van der Waals surface area contributed by atoms with Crippen molar-refractivity contribution in [3.63, 3.8) is 0 Å². The Morgan fingerprint density at radius 2 is 1.84 bits per heavy atom. The second-order valence-corrected chi connectivity index (χ2v) is 7.87. The number of nitrogens with one attached hydrogen (secondary N) is 1. The van der Waals surface area contributed by atoms with Gasteiger partial charge in [-0.25, -0.2) is 12.8 Å². The zero-order valence-corrected chi connectivity index (χ0v) is 14.4. The molecule has 130 valence electrons. The van der Waals surface area contributed by atoms with E-state index in [9.17, 15) is 22.4 Å². The van der Waals surface area contributed by atoms with Crippen molar-refractivity contribution in [1.29, 1.82) is 0 Å². The molecule has 3 rings (SSSR count). The van der Waals surface area contributed by atoms with Gasteiger partial charge in [0, 0.05) is 17.8 Å². The number of amides is 2. The first-order chi connectivity index (χ1) is 11.7. The van der Waals surface area contributed by atoms with Crippen molar-refractivity contribution in [2.24, 2.45) is 0 Å². The molecule has 0 saturated carbocycles. The van der Waals surface area contributed by atoms with Crippen molar-refractivity contribution in [2.75, 3.05) is 17.3 Å². The lowest BCUT2D eigenvalue weighted by Gasteiger charge is -2.30. The number of fused-ring (bicyclic) bond motifs is 1. The average Bonchev–Trinajstić information content (AvgIpc) is 2.54. The molecule has 0 radical (unpaired) electrons. The molecule has 2 amide bonds. The Kier molecular flexibility index (Phi) is 4.26. The number of carbonyl (C=O) groups is 2. The number of rotatable bonds is 2. The van der Waals surface area contributed by atoms with E-state index in [-0.39, 0.29) is 21.3 Å². The van der Waals surface area contributed by atoms with E-state index in [0.29, 0.717) is 0 Å². The van der Waals surface area contributed by atoms with Gasteiger partial charge < -0.3 is 10.2 Å². The maximum absolute atomic E-state index is 12.9. The molecule has 0 bridgehead atoms. The van der Waals surface area contributed by atoms with Crippen molar-refractivity contribution >= 4 is 44.6 Å². The van der Waals surface area contributed by atoms with Crippen molar-refractivity contribution in [3.05, 3.63) is 53.3 Å². The lowest BCUT2D eigenvalue weighted by atomic mass is 10.2. The summed E-state index contributed by atoms with van der Waals surface area (Å²) in [6.45, 7) is 0. The molecule has 1 N–H and O–H groups in total. The molecule has 1 aliphatic rings. The summed E-state index contributed by atoms with van der Waals surface area (Å²) in [5.41, 5.74) is 0.294. The number of hydrogen-bond donors (Lipinski definition) is 1. The van der Waals surface area contributed by atoms with Crippen molar-refractivity contribution in [2.45, 2.75) is 10.1 Å². The van der Waals surface area contributed by atoms with E-state index < -0.39 is 32.7 Å². The number of benzene rings is 2. The molecule has 1 aliphatic heterocycles. The highest BCUT2D eigenvalue weighted by atomic mass is 35.5. The van der Waals surface area contributed by atoms with Gasteiger partial charge in [-0.1, -0.05) is 11.6 Å². The summed E-state index contributed by atoms with van der Waals surface area (Å²) in [5, 5.41) is 0.662. The second-order valence-electron chi connectivity index (χ2n) is 5.43. The van der Waals surface area contributed by atoms with Gasteiger partial charge in [0.1, 0.15) is 5.82 Å². The molecule has 6 nitrogen and oxygen atoms in total. The van der Waals surface area contributed by atoms with Crippen LogP contribution in [0, 0.1) is 5.82 Å². The minimum atomic E-state index is -4.25. The third-order valence-electron chi connectivity index (χ3n) is 3.80. The first kappa shape index (κ1) is 17.4. The molecule has 1 heterocycles. The maximum atomic E-state index is 12.9. The number of halogens is 2. The lowest BCUT2D eigenvalue weighted by Crippen LogP contribution is -2.51. The molecular weight excluding hydrogens is 371 g/mol. The molecule has 0 fully saturated rings. The van der Waals surface area contributed by atoms with Crippen LogP contribution in [0.5, 0.6) is 0 Å². The van der Waals surface area contributed by atoms with Gasteiger partial charge in [-0.15, -0.1) is 0 Å². The zero-order valence-electron chi connectivity index (χ0n) is 12.9. The van der Waals surface area contributed by atoms with Crippen LogP contribution in [0.15, 0.2) is 47.4 Å². The number of nitrogens with zero attached hydrogens (tertiary/aromatic N) is 1. The molecule has 9 heteroatoms. The third kappa shape index (κ3) is 2.98. The Balaban J connectivity index is 2.01. The minimum Gasteiger partial charge on any atom is -0.324 e. The maximum Gasteiger partial charge on any atom is 0.255 e. The highest BCUT2D eigenvalue weighted by molar-refractivity contribution is 7.94. The van der Waals surface area contributed by atoms with Gasteiger partial charge >= 0.3 is 0 Å². The van der Waals surface area contributed by atoms with Crippen LogP contribution >= 0.6 is 11.6 Å². The van der Waals surface area contributed by atoms with E-state index >= 15 is 0 Å². The van der Waals surface area contributed by atoms with Crippen LogP contribution in [0.3, 0.4) is 0 Å². The summed E-state index contributed by atoms with van der Waals surface area (Å²) < 4.78 is 38.4. The summed E-state index contributed by atoms with van der Waals surface area (Å²) in [4.78, 5) is 25.9. The number of anilines is 2. The molecule has 25 heavy (non-hydrogen) atoms. The Morgan fingerprint density at radius 1 is 1.20 bits per heavy atom. The average molecular weight is 383 g/mol. The largest absolute Gasteiger partial charge is 0.324 e. The van der Waals surface area contributed by atoms with E-state index in [2.05, 4.69) is 5.32 Å². The molecule has 1 atom stereocenters. The molecule has 1 unspecified atom stereocenters. The first-order valence-electron chi connectivity index (χ1n) is 7.09. The molecular formula is C16H12ClFN2O4S. The summed E-state index contributed by atoms with van der Waals surface area (Å²) in [6, 6.07) is 8.73. The van der Waals surface area contributed by atoms with E-state index in [1.807, 2.05) is 0 Å². The molecule has 0 spiro atoms. The number of carbonyl (C=O) groups excluding carboxylic acids is 2. The van der Waals surface area contributed by atoms with Gasteiger partial charge in [0.15, 0.2) is 0 Å². The van der Waals surface area contributed by atoms with E-state index in [1.165, 1.54) is 37.4 Å². The number of sulfone groups is 1. The van der Waals surface area contributed by atoms with Gasteiger partial charge in [0.25, 0.3) is 11.8 Å². The molecule has 2 aromatic carbocycles. The van der Waals surface area contributed by atoms with Gasteiger partial charge in [-0.05, 0) is 42.5 Å². The van der Waals surface area contributed by atoms with Gasteiger partial charge in [-0.2, -0.15) is 0 Å². The van der Waals surface area contributed by atoms with Crippen LogP contribution in [0.2, 0.25) is 5.02 Å².